The van der Waals surface area contributed by atoms with Crippen LogP contribution in [-0.2, 0) is 19.4 Å². The molecule has 30 heavy (non-hydrogen) atoms. The number of rotatable bonds is 12. The van der Waals surface area contributed by atoms with Crippen LogP contribution < -0.4 is 9.47 Å². The summed E-state index contributed by atoms with van der Waals surface area (Å²) in [4.78, 5) is 0. The molecule has 0 atom stereocenters. The average molecular weight is 427 g/mol. The molecule has 0 bridgehead atoms. The Morgan fingerprint density at radius 2 is 1.53 bits per heavy atom. The smallest absolute Gasteiger partial charge is 0.126 e. The van der Waals surface area contributed by atoms with E-state index in [4.69, 9.17) is 21.1 Å². The maximum Gasteiger partial charge on any atom is 0.126 e. The first-order valence-corrected chi connectivity index (χ1v) is 11.0. The summed E-state index contributed by atoms with van der Waals surface area (Å²) in [6.45, 7) is 1.17. The van der Waals surface area contributed by atoms with Gasteiger partial charge in [0, 0.05) is 11.9 Å². The minimum Gasteiger partial charge on any atom is -0.493 e. The summed E-state index contributed by atoms with van der Waals surface area (Å²) in [6, 6.07) is 22.8. The molecule has 158 valence electrons. The summed E-state index contributed by atoms with van der Waals surface area (Å²) in [6.07, 6.45) is 4.68. The van der Waals surface area contributed by atoms with Crippen molar-refractivity contribution in [3.63, 3.8) is 0 Å². The molecule has 0 spiro atoms. The van der Waals surface area contributed by atoms with Crippen LogP contribution in [0.3, 0.4) is 0 Å². The highest BCUT2D eigenvalue weighted by Gasteiger charge is 2.08. The predicted molar refractivity (Wildman–Crippen MR) is 121 cm³/mol. The molecule has 0 saturated heterocycles. The first-order valence-electron chi connectivity index (χ1n) is 10.5. The Morgan fingerprint density at radius 3 is 2.30 bits per heavy atom. The topological polar surface area (TPSA) is 18.5 Å². The molecule has 3 rings (SSSR count). The van der Waals surface area contributed by atoms with Gasteiger partial charge in [-0.1, -0.05) is 48.5 Å². The molecular formula is C26H28ClFO2. The van der Waals surface area contributed by atoms with Crippen molar-refractivity contribution in [3.8, 4) is 11.5 Å². The van der Waals surface area contributed by atoms with Crippen molar-refractivity contribution in [1.29, 1.82) is 0 Å². The van der Waals surface area contributed by atoms with E-state index in [0.29, 0.717) is 19.1 Å². The van der Waals surface area contributed by atoms with Crippen LogP contribution in [0.4, 0.5) is 4.39 Å². The fourth-order valence-corrected chi connectivity index (χ4v) is 3.38. The summed E-state index contributed by atoms with van der Waals surface area (Å²) in [7, 11) is 0. The summed E-state index contributed by atoms with van der Waals surface area (Å²) in [5.41, 5.74) is 3.36. The monoisotopic (exact) mass is 426 g/mol. The lowest BCUT2D eigenvalue weighted by atomic mass is 10.0. The van der Waals surface area contributed by atoms with Crippen molar-refractivity contribution in [2.45, 2.75) is 38.7 Å². The van der Waals surface area contributed by atoms with Gasteiger partial charge in [-0.15, -0.1) is 11.6 Å². The number of ether oxygens (including phenoxy) is 2. The van der Waals surface area contributed by atoms with Gasteiger partial charge in [-0.25, -0.2) is 4.39 Å². The molecule has 0 aliphatic carbocycles. The third-order valence-corrected chi connectivity index (χ3v) is 5.19. The molecule has 0 aromatic heterocycles. The normalized spacial score (nSPS) is 10.7. The van der Waals surface area contributed by atoms with E-state index in [9.17, 15) is 4.39 Å². The van der Waals surface area contributed by atoms with Gasteiger partial charge in [0.25, 0.3) is 0 Å². The van der Waals surface area contributed by atoms with E-state index in [1.165, 1.54) is 12.1 Å². The fraction of sp³-hybridized carbons (Fsp3) is 0.308. The highest BCUT2D eigenvalue weighted by Crippen LogP contribution is 2.27. The number of benzene rings is 3. The van der Waals surface area contributed by atoms with Gasteiger partial charge in [0.2, 0.25) is 0 Å². The Balaban J connectivity index is 1.65. The fourth-order valence-electron chi connectivity index (χ4n) is 3.19. The molecule has 0 heterocycles. The molecule has 0 fully saturated rings. The molecule has 0 N–H and O–H groups in total. The minimum atomic E-state index is -0.209. The van der Waals surface area contributed by atoms with E-state index in [-0.39, 0.29) is 5.82 Å². The van der Waals surface area contributed by atoms with Crippen molar-refractivity contribution >= 4 is 11.6 Å². The largest absolute Gasteiger partial charge is 0.493 e. The van der Waals surface area contributed by atoms with Gasteiger partial charge in [-0.3, -0.25) is 0 Å². The molecule has 0 aliphatic rings. The summed E-state index contributed by atoms with van der Waals surface area (Å²) in [5.74, 6) is 2.12. The molecule has 0 unspecified atom stereocenters. The van der Waals surface area contributed by atoms with Crippen LogP contribution in [0.15, 0.2) is 72.8 Å². The molecule has 0 radical (unpaired) electrons. The Hall–Kier alpha value is -2.52. The maximum atomic E-state index is 13.1. The van der Waals surface area contributed by atoms with Crippen molar-refractivity contribution in [2.75, 3.05) is 12.5 Å². The second-order valence-corrected chi connectivity index (χ2v) is 7.65. The third-order valence-electron chi connectivity index (χ3n) is 4.92. The first-order chi connectivity index (χ1) is 14.7. The summed E-state index contributed by atoms with van der Waals surface area (Å²) < 4.78 is 25.2. The van der Waals surface area contributed by atoms with E-state index < -0.39 is 0 Å². The second-order valence-electron chi connectivity index (χ2n) is 7.27. The van der Waals surface area contributed by atoms with E-state index in [0.717, 1.165) is 60.3 Å². The zero-order valence-electron chi connectivity index (χ0n) is 17.2. The van der Waals surface area contributed by atoms with E-state index in [1.54, 1.807) is 0 Å². The highest BCUT2D eigenvalue weighted by molar-refractivity contribution is 6.17. The lowest BCUT2D eigenvalue weighted by Gasteiger charge is -2.14. The zero-order chi connectivity index (χ0) is 21.0. The summed E-state index contributed by atoms with van der Waals surface area (Å²) in [5, 5.41) is 0. The van der Waals surface area contributed by atoms with Crippen LogP contribution in [-0.4, -0.2) is 12.5 Å². The van der Waals surface area contributed by atoms with Gasteiger partial charge in [-0.05, 0) is 67.0 Å². The Morgan fingerprint density at radius 1 is 0.733 bits per heavy atom. The maximum absolute atomic E-state index is 13.1. The molecule has 0 amide bonds. The molecule has 0 aliphatic heterocycles. The SMILES string of the molecule is Fc1ccc(CCc2ccc(OCc3ccccc3)cc2OCCCCCCl)cc1. The quantitative estimate of drug-likeness (QED) is 0.230. The van der Waals surface area contributed by atoms with E-state index in [1.807, 2.05) is 54.6 Å². The number of hydrogen-bond donors (Lipinski definition) is 0. The van der Waals surface area contributed by atoms with Gasteiger partial charge in [0.05, 0.1) is 6.61 Å². The Kier molecular flexibility index (Phi) is 9.04. The zero-order valence-corrected chi connectivity index (χ0v) is 17.9. The molecule has 3 aromatic carbocycles. The molecule has 4 heteroatoms. The van der Waals surface area contributed by atoms with E-state index in [2.05, 4.69) is 6.07 Å². The minimum absolute atomic E-state index is 0.209. The molecular weight excluding hydrogens is 399 g/mol. The third kappa shape index (κ3) is 7.38. The van der Waals surface area contributed by atoms with Crippen molar-refractivity contribution in [3.05, 3.63) is 95.3 Å². The van der Waals surface area contributed by atoms with Crippen LogP contribution >= 0.6 is 11.6 Å². The standard InChI is InChI=1S/C26H28ClFO2/c27-17-5-2-6-18-29-26-19-25(30-20-22-7-3-1-4-8-22)16-13-23(26)12-9-21-10-14-24(28)15-11-21/h1,3-4,7-8,10-11,13-16,19H,2,5-6,9,12,17-18,20H2. The van der Waals surface area contributed by atoms with Gasteiger partial charge in [0.15, 0.2) is 0 Å². The van der Waals surface area contributed by atoms with Gasteiger partial charge >= 0.3 is 0 Å². The molecule has 0 saturated carbocycles. The number of halogens is 2. The van der Waals surface area contributed by atoms with Crippen LogP contribution in [0.5, 0.6) is 11.5 Å². The lowest BCUT2D eigenvalue weighted by Crippen LogP contribution is -2.03. The second kappa shape index (κ2) is 12.2. The van der Waals surface area contributed by atoms with Crippen molar-refractivity contribution < 1.29 is 13.9 Å². The number of aryl methyl sites for hydroxylation is 2. The highest BCUT2D eigenvalue weighted by atomic mass is 35.5. The number of unbranched alkanes of at least 4 members (excludes halogenated alkanes) is 2. The Bertz CT molecular complexity index is 881. The van der Waals surface area contributed by atoms with E-state index >= 15 is 0 Å². The van der Waals surface area contributed by atoms with Gasteiger partial charge in [-0.2, -0.15) is 0 Å². The number of hydrogen-bond acceptors (Lipinski definition) is 2. The van der Waals surface area contributed by atoms with Crippen LogP contribution in [0.1, 0.15) is 36.0 Å². The lowest BCUT2D eigenvalue weighted by molar-refractivity contribution is 0.289. The number of alkyl halides is 1. The van der Waals surface area contributed by atoms with Crippen molar-refractivity contribution in [1.82, 2.24) is 0 Å². The van der Waals surface area contributed by atoms with Crippen molar-refractivity contribution in [2.24, 2.45) is 0 Å². The first kappa shape index (κ1) is 22.2. The molecule has 2 nitrogen and oxygen atoms in total. The van der Waals surface area contributed by atoms with Crippen LogP contribution in [0, 0.1) is 5.82 Å². The van der Waals surface area contributed by atoms with Gasteiger partial charge < -0.3 is 9.47 Å². The van der Waals surface area contributed by atoms with Crippen LogP contribution in [0.2, 0.25) is 0 Å². The Labute approximate surface area is 183 Å². The summed E-state index contributed by atoms with van der Waals surface area (Å²) >= 11 is 5.76. The van der Waals surface area contributed by atoms with Gasteiger partial charge in [0.1, 0.15) is 23.9 Å². The average Bonchev–Trinajstić information content (AvgIpc) is 2.78. The molecule has 3 aromatic rings. The predicted octanol–water partition coefficient (Wildman–Crippen LogP) is 6.98. The van der Waals surface area contributed by atoms with Crippen LogP contribution in [0.25, 0.3) is 0 Å².